The maximum atomic E-state index is 13.1. The Bertz CT molecular complexity index is 2740. The monoisotopic (exact) mass is 1020 g/mol. The van der Waals surface area contributed by atoms with Gasteiger partial charge >= 0.3 is 5.97 Å². The minimum absolute atomic E-state index is 0.00123. The number of benzene rings is 2. The second-order valence-corrected chi connectivity index (χ2v) is 25.5. The van der Waals surface area contributed by atoms with E-state index in [2.05, 4.69) is 4.90 Å². The molecule has 2 aromatic rings. The molecule has 0 aromatic heterocycles. The normalized spacial score (nSPS) is 20.2. The second-order valence-electron chi connectivity index (χ2n) is 18.9. The summed E-state index contributed by atoms with van der Waals surface area (Å²) in [5, 5.41) is 9.20. The maximum absolute atomic E-state index is 13.1. The first-order chi connectivity index (χ1) is 30.8. The molecule has 0 amide bonds. The van der Waals surface area contributed by atoms with Gasteiger partial charge in [-0.3, -0.25) is 22.3 Å². The molecule has 0 bridgehead atoms. The fourth-order valence-corrected chi connectivity index (χ4v) is 11.3. The first-order valence-corrected chi connectivity index (χ1v) is 28.0. The Hall–Kier alpha value is -3.80. The zero-order chi connectivity index (χ0) is 50.4. The topological polar surface area (TPSA) is 248 Å². The van der Waals surface area contributed by atoms with Crippen LogP contribution in [-0.2, 0) is 69.2 Å². The number of hydrogen-bond donors (Lipinski definition) is 3. The van der Waals surface area contributed by atoms with Gasteiger partial charge in [0.15, 0.2) is 5.71 Å². The maximum Gasteiger partial charge on any atom is 0.303 e. The van der Waals surface area contributed by atoms with E-state index in [4.69, 9.17) is 13.1 Å². The zero-order valence-electron chi connectivity index (χ0n) is 39.8. The Labute approximate surface area is 397 Å². The summed E-state index contributed by atoms with van der Waals surface area (Å²) in [5.74, 6) is -1.76. The lowest BCUT2D eigenvalue weighted by molar-refractivity contribution is -0.438. The average Bonchev–Trinajstić information content (AvgIpc) is 3.59. The minimum Gasteiger partial charge on any atom is -0.481 e. The van der Waals surface area contributed by atoms with Crippen LogP contribution >= 0.6 is 0 Å². The lowest BCUT2D eigenvalue weighted by Gasteiger charge is -2.41. The minimum atomic E-state index is -4.64. The van der Waals surface area contributed by atoms with Crippen molar-refractivity contribution in [2.45, 2.75) is 138 Å². The van der Waals surface area contributed by atoms with Crippen LogP contribution in [0.5, 0.6) is 0 Å². The first kappa shape index (κ1) is 55.8. The summed E-state index contributed by atoms with van der Waals surface area (Å²) >= 11 is 0. The molecule has 2 atom stereocenters. The van der Waals surface area contributed by atoms with Crippen molar-refractivity contribution < 1.29 is 70.4 Å². The smallest absolute Gasteiger partial charge is 0.303 e. The molecule has 2 aliphatic heterocycles. The molecule has 2 aromatic carbocycles. The van der Waals surface area contributed by atoms with E-state index in [0.29, 0.717) is 67.0 Å². The molecule has 3 N–H and O–H groups in total. The van der Waals surface area contributed by atoms with Gasteiger partial charge in [0.2, 0.25) is 5.69 Å². The molecule has 0 aliphatic carbocycles. The van der Waals surface area contributed by atoms with Crippen LogP contribution in [0.1, 0.15) is 117 Å². The summed E-state index contributed by atoms with van der Waals surface area (Å²) in [5.41, 5.74) is 0.829. The van der Waals surface area contributed by atoms with Crippen LogP contribution < -0.4 is 4.90 Å². The highest BCUT2D eigenvalue weighted by Gasteiger charge is 2.50. The molecule has 21 heteroatoms. The number of hydrogen-bond acceptors (Lipinski definition) is 13. The van der Waals surface area contributed by atoms with Crippen LogP contribution in [0.15, 0.2) is 82.3 Å². The molecule has 374 valence electrons. The van der Waals surface area contributed by atoms with Gasteiger partial charge in [0.05, 0.1) is 46.5 Å². The van der Waals surface area contributed by atoms with E-state index in [1.807, 2.05) is 65.2 Å². The summed E-state index contributed by atoms with van der Waals surface area (Å²) in [6.45, 7) is 14.5. The summed E-state index contributed by atoms with van der Waals surface area (Å²) in [4.78, 5) is 12.9. The molecule has 4 rings (SSSR count). The number of carboxylic acid groups (broad SMARTS) is 1. The van der Waals surface area contributed by atoms with E-state index in [9.17, 15) is 52.7 Å². The number of rotatable bonds is 25. The van der Waals surface area contributed by atoms with Crippen LogP contribution in [0.3, 0.4) is 0 Å². The van der Waals surface area contributed by atoms with E-state index in [-0.39, 0.29) is 47.6 Å². The molecule has 17 nitrogen and oxygen atoms in total. The van der Waals surface area contributed by atoms with Crippen molar-refractivity contribution in [2.75, 3.05) is 43.8 Å². The van der Waals surface area contributed by atoms with Gasteiger partial charge in [0.1, 0.15) is 6.54 Å². The van der Waals surface area contributed by atoms with Gasteiger partial charge < -0.3 is 14.7 Å². The third-order valence-corrected chi connectivity index (χ3v) is 16.6. The third kappa shape index (κ3) is 14.2. The SMILES string of the molecule is COS(=O)(=O)CCCC1(C)C(=CC=CC=CC2=[N+](CCCCCC(=O)O)c3ccc(S(=O)(=O)O)cc3C2(C)CCCS(=O)(=O)O)N(C(C)(C)CCOC(C)(C)C)c2ccc(S(=O)(=O)OC)cc21. The summed E-state index contributed by atoms with van der Waals surface area (Å²) in [6.07, 6.45) is 11.7. The predicted molar refractivity (Wildman–Crippen MR) is 256 cm³/mol. The lowest BCUT2D eigenvalue weighted by Crippen LogP contribution is -2.45. The van der Waals surface area contributed by atoms with Crippen LogP contribution in [0, 0.1) is 0 Å². The highest BCUT2D eigenvalue weighted by atomic mass is 32.2. The Kier molecular flexibility index (Phi) is 17.9. The molecule has 0 saturated heterocycles. The number of aliphatic carboxylic acids is 1. The highest BCUT2D eigenvalue weighted by Crippen LogP contribution is 2.54. The molecular formula is C46H67N2O15S4+. The van der Waals surface area contributed by atoms with Gasteiger partial charge in [-0.15, -0.1) is 0 Å². The summed E-state index contributed by atoms with van der Waals surface area (Å²) < 4.78 is 137. The fraction of sp³-hybridized carbons (Fsp3) is 0.565. The van der Waals surface area contributed by atoms with Crippen molar-refractivity contribution in [1.29, 1.82) is 0 Å². The molecular weight excluding hydrogens is 949 g/mol. The van der Waals surface area contributed by atoms with Crippen molar-refractivity contribution in [1.82, 2.24) is 0 Å². The molecule has 2 unspecified atom stereocenters. The molecule has 0 radical (unpaired) electrons. The highest BCUT2D eigenvalue weighted by molar-refractivity contribution is 7.87. The molecule has 2 heterocycles. The predicted octanol–water partition coefficient (Wildman–Crippen LogP) is 7.45. The van der Waals surface area contributed by atoms with Crippen molar-refractivity contribution in [3.63, 3.8) is 0 Å². The van der Waals surface area contributed by atoms with E-state index in [0.717, 1.165) is 19.9 Å². The molecule has 0 spiro atoms. The number of nitrogens with zero attached hydrogens (tertiary/aromatic N) is 2. The Morgan fingerprint density at radius 1 is 0.761 bits per heavy atom. The van der Waals surface area contributed by atoms with E-state index in [1.54, 1.807) is 36.4 Å². The van der Waals surface area contributed by atoms with Crippen LogP contribution in [0.4, 0.5) is 11.4 Å². The summed E-state index contributed by atoms with van der Waals surface area (Å²) in [6, 6.07) is 8.98. The van der Waals surface area contributed by atoms with Crippen LogP contribution in [-0.4, -0.2) is 114 Å². The standard InChI is InChI=1S/C46H66N2O15S4/c1-43(2,3)63-29-27-44(4,5)48-39-24-22-35(67(59,60)62-9)33-37(39)46(7,26-17-31-65(54,55)61-8)41(48)19-13-10-12-18-40-45(6,25-16-30-64(51,52)53)36-32-34(66(56,57)58)21-23-38(36)47(40)28-15-11-14-20-42(49)50/h10,12-13,18-19,21-24,32-33H,11,14-17,20,25-31H2,1-9H3,(H2-,49,50,51,52,53,56,57,58)/p+1. The summed E-state index contributed by atoms with van der Waals surface area (Å²) in [7, 11) is -14.8. The van der Waals surface area contributed by atoms with Crippen molar-refractivity contribution >= 4 is 63.5 Å². The first-order valence-electron chi connectivity index (χ1n) is 22.0. The van der Waals surface area contributed by atoms with E-state index >= 15 is 0 Å². The van der Waals surface area contributed by atoms with Gasteiger partial charge in [-0.05, 0) is 135 Å². The zero-order valence-corrected chi connectivity index (χ0v) is 43.1. The molecule has 0 fully saturated rings. The second kappa shape index (κ2) is 21.5. The van der Waals surface area contributed by atoms with E-state index < -0.39 is 74.2 Å². The van der Waals surface area contributed by atoms with Crippen LogP contribution in [0.25, 0.3) is 0 Å². The van der Waals surface area contributed by atoms with Gasteiger partial charge in [0, 0.05) is 59.5 Å². The average molecular weight is 1020 g/mol. The van der Waals surface area contributed by atoms with Crippen LogP contribution in [0.2, 0.25) is 0 Å². The molecule has 0 saturated carbocycles. The number of anilines is 1. The van der Waals surface area contributed by atoms with Crippen molar-refractivity contribution in [3.8, 4) is 0 Å². The van der Waals surface area contributed by atoms with Gasteiger partial charge in [0.25, 0.3) is 40.5 Å². The number of ether oxygens (including phenoxy) is 1. The fourth-order valence-electron chi connectivity index (χ4n) is 8.88. The van der Waals surface area contributed by atoms with Crippen molar-refractivity contribution in [2.24, 2.45) is 0 Å². The molecule has 67 heavy (non-hydrogen) atoms. The van der Waals surface area contributed by atoms with Gasteiger partial charge in [-0.25, -0.2) is 0 Å². The number of allylic oxidation sites excluding steroid dienone is 6. The number of unbranched alkanes of at least 4 members (excludes halogenated alkanes) is 2. The quantitative estimate of drug-likeness (QED) is 0.0287. The van der Waals surface area contributed by atoms with E-state index in [1.165, 1.54) is 18.2 Å². The Morgan fingerprint density at radius 3 is 1.99 bits per heavy atom. The number of carbonyl (C=O) groups is 1. The van der Waals surface area contributed by atoms with Crippen molar-refractivity contribution in [3.05, 3.63) is 83.6 Å². The van der Waals surface area contributed by atoms with Gasteiger partial charge in [-0.2, -0.15) is 38.2 Å². The third-order valence-electron chi connectivity index (χ3n) is 12.4. The number of carboxylic acids is 1. The molecule has 2 aliphatic rings. The lowest BCUT2D eigenvalue weighted by atomic mass is 9.76. The largest absolute Gasteiger partial charge is 0.481 e. The number of fused-ring (bicyclic) bond motifs is 2. The van der Waals surface area contributed by atoms with Gasteiger partial charge in [-0.1, -0.05) is 18.2 Å². The Morgan fingerprint density at radius 2 is 1.39 bits per heavy atom. The Balaban J connectivity index is 1.91.